The van der Waals surface area contributed by atoms with Crippen molar-refractivity contribution in [3.63, 3.8) is 0 Å². The number of carboxylic acid groups (broad SMARTS) is 1. The highest BCUT2D eigenvalue weighted by molar-refractivity contribution is 5.67. The van der Waals surface area contributed by atoms with Crippen molar-refractivity contribution in [1.29, 1.82) is 0 Å². The summed E-state index contributed by atoms with van der Waals surface area (Å²) in [5, 5.41) is 8.72. The van der Waals surface area contributed by atoms with Gasteiger partial charge in [-0.3, -0.25) is 4.79 Å². The summed E-state index contributed by atoms with van der Waals surface area (Å²) in [4.78, 5) is 10.6. The largest absolute Gasteiger partial charge is 0.496 e. The fourth-order valence-corrected chi connectivity index (χ4v) is 1.65. The minimum atomic E-state index is -0.835. The van der Waals surface area contributed by atoms with Gasteiger partial charge < -0.3 is 15.6 Å². The molecule has 2 unspecified atom stereocenters. The minimum Gasteiger partial charge on any atom is -0.496 e. The summed E-state index contributed by atoms with van der Waals surface area (Å²) < 4.78 is 5.19. The minimum absolute atomic E-state index is 0.0548. The highest BCUT2D eigenvalue weighted by Crippen LogP contribution is 2.29. The Hall–Kier alpha value is -1.55. The maximum Gasteiger partial charge on any atom is 0.303 e. The van der Waals surface area contributed by atoms with Gasteiger partial charge in [0.1, 0.15) is 5.75 Å². The molecule has 1 rings (SSSR count). The summed E-state index contributed by atoms with van der Waals surface area (Å²) in [7, 11) is 1.58. The van der Waals surface area contributed by atoms with Crippen LogP contribution in [0.2, 0.25) is 0 Å². The third kappa shape index (κ3) is 2.97. The molecule has 2 atom stereocenters. The predicted molar refractivity (Wildman–Crippen MR) is 61.3 cm³/mol. The molecule has 0 heterocycles. The van der Waals surface area contributed by atoms with Gasteiger partial charge in [-0.25, -0.2) is 0 Å². The normalized spacial score (nSPS) is 14.2. The van der Waals surface area contributed by atoms with Crippen molar-refractivity contribution < 1.29 is 14.6 Å². The molecule has 0 fully saturated rings. The fourth-order valence-electron chi connectivity index (χ4n) is 1.65. The van der Waals surface area contributed by atoms with Gasteiger partial charge in [0.15, 0.2) is 0 Å². The maximum atomic E-state index is 10.6. The first kappa shape index (κ1) is 12.5. The first-order valence-electron chi connectivity index (χ1n) is 5.16. The Kier molecular flexibility index (Phi) is 4.31. The van der Waals surface area contributed by atoms with Crippen LogP contribution in [0.1, 0.15) is 24.9 Å². The Labute approximate surface area is 95.0 Å². The van der Waals surface area contributed by atoms with Crippen LogP contribution in [0.5, 0.6) is 5.75 Å². The van der Waals surface area contributed by atoms with Crippen LogP contribution in [0.25, 0.3) is 0 Å². The molecule has 16 heavy (non-hydrogen) atoms. The Morgan fingerprint density at radius 1 is 1.50 bits per heavy atom. The third-order valence-corrected chi connectivity index (χ3v) is 2.61. The van der Waals surface area contributed by atoms with Gasteiger partial charge in [0.25, 0.3) is 0 Å². The van der Waals surface area contributed by atoms with Gasteiger partial charge in [-0.15, -0.1) is 0 Å². The molecule has 4 heteroatoms. The third-order valence-electron chi connectivity index (χ3n) is 2.61. The molecule has 0 aliphatic rings. The molecule has 0 aromatic heterocycles. The van der Waals surface area contributed by atoms with E-state index in [0.29, 0.717) is 5.75 Å². The number of rotatable bonds is 5. The summed E-state index contributed by atoms with van der Waals surface area (Å²) in [6.45, 7) is 1.82. The number of ether oxygens (including phenoxy) is 1. The van der Waals surface area contributed by atoms with E-state index >= 15 is 0 Å². The average Bonchev–Trinajstić information content (AvgIpc) is 2.27. The van der Waals surface area contributed by atoms with E-state index in [1.165, 1.54) is 0 Å². The van der Waals surface area contributed by atoms with Gasteiger partial charge in [0.05, 0.1) is 7.11 Å². The zero-order valence-electron chi connectivity index (χ0n) is 9.51. The summed E-state index contributed by atoms with van der Waals surface area (Å²) >= 11 is 0. The number of nitrogens with two attached hydrogens (primary N) is 1. The van der Waals surface area contributed by atoms with Crippen molar-refractivity contribution in [3.05, 3.63) is 29.8 Å². The monoisotopic (exact) mass is 223 g/mol. The van der Waals surface area contributed by atoms with Crippen LogP contribution in [0.3, 0.4) is 0 Å². The highest BCUT2D eigenvalue weighted by Gasteiger charge is 2.20. The molecule has 88 valence electrons. The molecular weight excluding hydrogens is 206 g/mol. The van der Waals surface area contributed by atoms with E-state index in [1.807, 2.05) is 31.2 Å². The average molecular weight is 223 g/mol. The standard InChI is InChI=1S/C12H17NO3/c1-8(7-11(14)15)12(13)9-5-3-4-6-10(9)16-2/h3-6,8,12H,7,13H2,1-2H3,(H,14,15). The molecule has 0 amide bonds. The SMILES string of the molecule is COc1ccccc1C(N)C(C)CC(=O)O. The molecular formula is C12H17NO3. The number of para-hydroxylation sites is 1. The molecule has 0 saturated heterocycles. The zero-order chi connectivity index (χ0) is 12.1. The van der Waals surface area contributed by atoms with Gasteiger partial charge in [0.2, 0.25) is 0 Å². The van der Waals surface area contributed by atoms with Gasteiger partial charge in [-0.2, -0.15) is 0 Å². The summed E-state index contributed by atoms with van der Waals surface area (Å²) in [6.07, 6.45) is 0.0548. The van der Waals surface area contributed by atoms with Crippen LogP contribution in [-0.4, -0.2) is 18.2 Å². The Morgan fingerprint density at radius 2 is 2.12 bits per heavy atom. The molecule has 4 nitrogen and oxygen atoms in total. The van der Waals surface area contributed by atoms with Crippen LogP contribution >= 0.6 is 0 Å². The predicted octanol–water partition coefficient (Wildman–Crippen LogP) is 1.81. The smallest absolute Gasteiger partial charge is 0.303 e. The van der Waals surface area contributed by atoms with Crippen LogP contribution in [0.15, 0.2) is 24.3 Å². The first-order valence-corrected chi connectivity index (χ1v) is 5.16. The number of hydrogen-bond acceptors (Lipinski definition) is 3. The quantitative estimate of drug-likeness (QED) is 0.798. The van der Waals surface area contributed by atoms with Gasteiger partial charge in [-0.1, -0.05) is 25.1 Å². The maximum absolute atomic E-state index is 10.6. The molecule has 3 N–H and O–H groups in total. The summed E-state index contributed by atoms with van der Waals surface area (Å²) in [5.74, 6) is -0.265. The van der Waals surface area contributed by atoms with E-state index < -0.39 is 5.97 Å². The zero-order valence-corrected chi connectivity index (χ0v) is 9.51. The van der Waals surface area contributed by atoms with Crippen molar-refractivity contribution in [3.8, 4) is 5.75 Å². The molecule has 1 aromatic carbocycles. The molecule has 0 aliphatic heterocycles. The number of carboxylic acids is 1. The lowest BCUT2D eigenvalue weighted by atomic mass is 9.92. The fraction of sp³-hybridized carbons (Fsp3) is 0.417. The van der Waals surface area contributed by atoms with E-state index in [1.54, 1.807) is 7.11 Å². The Bertz CT molecular complexity index is 365. The van der Waals surface area contributed by atoms with Crippen molar-refractivity contribution in [2.24, 2.45) is 11.7 Å². The highest BCUT2D eigenvalue weighted by atomic mass is 16.5. The number of hydrogen-bond donors (Lipinski definition) is 2. The van der Waals surface area contributed by atoms with Crippen LogP contribution < -0.4 is 10.5 Å². The molecule has 0 radical (unpaired) electrons. The van der Waals surface area contributed by atoms with Crippen molar-refractivity contribution >= 4 is 5.97 Å². The van der Waals surface area contributed by atoms with Crippen molar-refractivity contribution in [1.82, 2.24) is 0 Å². The van der Waals surface area contributed by atoms with Crippen molar-refractivity contribution in [2.75, 3.05) is 7.11 Å². The van der Waals surface area contributed by atoms with E-state index in [2.05, 4.69) is 0 Å². The number of benzene rings is 1. The Morgan fingerprint density at radius 3 is 2.69 bits per heavy atom. The van der Waals surface area contributed by atoms with Crippen molar-refractivity contribution in [2.45, 2.75) is 19.4 Å². The van der Waals surface area contributed by atoms with Gasteiger partial charge >= 0.3 is 5.97 Å². The summed E-state index contributed by atoms with van der Waals surface area (Å²) in [6, 6.07) is 7.08. The lowest BCUT2D eigenvalue weighted by Crippen LogP contribution is -2.22. The second-order valence-electron chi connectivity index (χ2n) is 3.84. The van der Waals surface area contributed by atoms with Crippen LogP contribution in [0, 0.1) is 5.92 Å². The topological polar surface area (TPSA) is 72.5 Å². The molecule has 0 bridgehead atoms. The van der Waals surface area contributed by atoms with E-state index in [9.17, 15) is 4.79 Å². The second kappa shape index (κ2) is 5.51. The number of aliphatic carboxylic acids is 1. The van der Waals surface area contributed by atoms with Gasteiger partial charge in [0, 0.05) is 18.0 Å². The van der Waals surface area contributed by atoms with E-state index in [4.69, 9.17) is 15.6 Å². The van der Waals surface area contributed by atoms with E-state index in [-0.39, 0.29) is 18.4 Å². The molecule has 0 spiro atoms. The Balaban J connectivity index is 2.86. The van der Waals surface area contributed by atoms with Crippen LogP contribution in [-0.2, 0) is 4.79 Å². The lowest BCUT2D eigenvalue weighted by Gasteiger charge is -2.20. The first-order chi connectivity index (χ1) is 7.56. The molecule has 1 aromatic rings. The molecule has 0 saturated carbocycles. The van der Waals surface area contributed by atoms with Crippen LogP contribution in [0.4, 0.5) is 0 Å². The van der Waals surface area contributed by atoms with E-state index in [0.717, 1.165) is 5.56 Å². The summed E-state index contributed by atoms with van der Waals surface area (Å²) in [5.41, 5.74) is 6.87. The van der Waals surface area contributed by atoms with Gasteiger partial charge in [-0.05, 0) is 12.0 Å². The molecule has 0 aliphatic carbocycles. The second-order valence-corrected chi connectivity index (χ2v) is 3.84. The lowest BCUT2D eigenvalue weighted by molar-refractivity contribution is -0.138. The number of methoxy groups -OCH3 is 1. The number of carbonyl (C=O) groups is 1.